The van der Waals surface area contributed by atoms with Gasteiger partial charge in [0.1, 0.15) is 12.6 Å². The highest BCUT2D eigenvalue weighted by Gasteiger charge is 2.38. The lowest BCUT2D eigenvalue weighted by Crippen LogP contribution is -2.46. The van der Waals surface area contributed by atoms with E-state index in [-0.39, 0.29) is 6.42 Å². The standard InChI is InChI=1S/C12H26F2NO3S/c1-5-11(16)10-15(3,4)8-6-7-9-19(17,18)12(2,13)14/h11,16H,5-10H2,1-4H3/q+1. The molecule has 19 heavy (non-hydrogen) atoms. The van der Waals surface area contributed by atoms with Crippen molar-refractivity contribution in [3.05, 3.63) is 0 Å². The Balaban J connectivity index is 4.12. The van der Waals surface area contributed by atoms with Gasteiger partial charge in [0.25, 0.3) is 0 Å². The molecule has 116 valence electrons. The van der Waals surface area contributed by atoms with Crippen molar-refractivity contribution in [3.63, 3.8) is 0 Å². The number of alkyl halides is 2. The number of unbranched alkanes of at least 4 members (excludes halogenated alkanes) is 1. The number of hydrogen-bond donors (Lipinski definition) is 1. The first-order chi connectivity index (χ1) is 8.41. The highest BCUT2D eigenvalue weighted by Crippen LogP contribution is 2.22. The summed E-state index contributed by atoms with van der Waals surface area (Å²) in [5.41, 5.74) is 0. The van der Waals surface area contributed by atoms with Crippen molar-refractivity contribution in [2.75, 3.05) is 32.9 Å². The van der Waals surface area contributed by atoms with Crippen LogP contribution in [0, 0.1) is 0 Å². The molecule has 1 N–H and O–H groups in total. The number of sulfone groups is 1. The molecule has 1 unspecified atom stereocenters. The highest BCUT2D eigenvalue weighted by molar-refractivity contribution is 7.92. The van der Waals surface area contributed by atoms with Gasteiger partial charge in [-0.15, -0.1) is 0 Å². The number of quaternary nitrogens is 1. The lowest BCUT2D eigenvalue weighted by molar-refractivity contribution is -0.893. The fourth-order valence-electron chi connectivity index (χ4n) is 1.80. The molecule has 0 saturated carbocycles. The van der Waals surface area contributed by atoms with E-state index in [1.807, 2.05) is 21.0 Å². The van der Waals surface area contributed by atoms with Crippen molar-refractivity contribution in [2.45, 2.75) is 44.5 Å². The van der Waals surface area contributed by atoms with E-state index in [1.165, 1.54) is 0 Å². The Hall–Kier alpha value is -0.270. The van der Waals surface area contributed by atoms with E-state index < -0.39 is 26.9 Å². The van der Waals surface area contributed by atoms with Gasteiger partial charge in [-0.25, -0.2) is 8.42 Å². The summed E-state index contributed by atoms with van der Waals surface area (Å²) >= 11 is 0. The summed E-state index contributed by atoms with van der Waals surface area (Å²) in [6.45, 7) is 3.54. The van der Waals surface area contributed by atoms with Crippen LogP contribution in [0.15, 0.2) is 0 Å². The van der Waals surface area contributed by atoms with Gasteiger partial charge < -0.3 is 9.59 Å². The summed E-state index contributed by atoms with van der Waals surface area (Å²) in [7, 11) is -0.468. The number of aliphatic hydroxyl groups is 1. The van der Waals surface area contributed by atoms with Crippen LogP contribution in [0.2, 0.25) is 0 Å². The molecule has 1 atom stereocenters. The van der Waals surface area contributed by atoms with Gasteiger partial charge in [0.05, 0.1) is 26.4 Å². The molecule has 0 saturated heterocycles. The summed E-state index contributed by atoms with van der Waals surface area (Å²) in [6.07, 6.45) is 1.03. The van der Waals surface area contributed by atoms with Crippen LogP contribution in [0.5, 0.6) is 0 Å². The van der Waals surface area contributed by atoms with Crippen LogP contribution in [0.1, 0.15) is 33.1 Å². The molecule has 0 aliphatic carbocycles. The zero-order chi connectivity index (χ0) is 15.3. The zero-order valence-corrected chi connectivity index (χ0v) is 13.0. The maximum Gasteiger partial charge on any atom is 0.342 e. The van der Waals surface area contributed by atoms with Gasteiger partial charge in [0.2, 0.25) is 9.84 Å². The van der Waals surface area contributed by atoms with Gasteiger partial charge in [-0.3, -0.25) is 0 Å². The molecule has 4 nitrogen and oxygen atoms in total. The molecule has 0 aromatic heterocycles. The van der Waals surface area contributed by atoms with Crippen LogP contribution in [-0.4, -0.2) is 62.3 Å². The van der Waals surface area contributed by atoms with Crippen molar-refractivity contribution in [1.82, 2.24) is 0 Å². The average molecular weight is 302 g/mol. The molecule has 0 heterocycles. The van der Waals surface area contributed by atoms with Gasteiger partial charge in [-0.2, -0.15) is 8.78 Å². The first-order valence-electron chi connectivity index (χ1n) is 6.51. The topological polar surface area (TPSA) is 54.4 Å². The van der Waals surface area contributed by atoms with E-state index in [4.69, 9.17) is 0 Å². The van der Waals surface area contributed by atoms with E-state index in [1.54, 1.807) is 0 Å². The van der Waals surface area contributed by atoms with Crippen molar-refractivity contribution >= 4 is 9.84 Å². The summed E-state index contributed by atoms with van der Waals surface area (Å²) < 4.78 is 48.5. The Bertz CT molecular complexity index is 364. The number of rotatable bonds is 9. The number of hydrogen-bond acceptors (Lipinski definition) is 3. The molecule has 0 amide bonds. The Labute approximate surface area is 114 Å². The largest absolute Gasteiger partial charge is 0.387 e. The van der Waals surface area contributed by atoms with Crippen LogP contribution in [-0.2, 0) is 9.84 Å². The van der Waals surface area contributed by atoms with Crippen LogP contribution in [0.25, 0.3) is 0 Å². The van der Waals surface area contributed by atoms with Crippen LogP contribution >= 0.6 is 0 Å². The first-order valence-corrected chi connectivity index (χ1v) is 8.17. The van der Waals surface area contributed by atoms with Crippen LogP contribution in [0.3, 0.4) is 0 Å². The minimum absolute atomic E-state index is 0.218. The van der Waals surface area contributed by atoms with Gasteiger partial charge >= 0.3 is 5.25 Å². The molecule has 0 rings (SSSR count). The second kappa shape index (κ2) is 6.95. The Morgan fingerprint density at radius 1 is 1.26 bits per heavy atom. The maximum atomic E-state index is 12.8. The monoisotopic (exact) mass is 302 g/mol. The summed E-state index contributed by atoms with van der Waals surface area (Å²) in [6, 6.07) is 0. The van der Waals surface area contributed by atoms with Crippen molar-refractivity contribution in [1.29, 1.82) is 0 Å². The Morgan fingerprint density at radius 3 is 2.21 bits per heavy atom. The third kappa shape index (κ3) is 7.17. The predicted molar refractivity (Wildman–Crippen MR) is 71.8 cm³/mol. The molecule has 0 aromatic carbocycles. The lowest BCUT2D eigenvalue weighted by Gasteiger charge is -2.31. The van der Waals surface area contributed by atoms with Crippen LogP contribution < -0.4 is 0 Å². The second-order valence-electron chi connectivity index (χ2n) is 5.74. The SMILES string of the molecule is CCC(O)C[N+](C)(C)CCCCS(=O)(=O)C(C)(F)F. The molecule has 0 radical (unpaired) electrons. The van der Waals surface area contributed by atoms with Gasteiger partial charge in [0, 0.05) is 6.92 Å². The van der Waals surface area contributed by atoms with Crippen molar-refractivity contribution < 1.29 is 26.8 Å². The first kappa shape index (κ1) is 18.7. The number of nitrogens with zero attached hydrogens (tertiary/aromatic N) is 1. The average Bonchev–Trinajstić information content (AvgIpc) is 2.22. The number of likely N-dealkylation sites (N-methyl/N-ethyl adjacent to an activating group) is 1. The van der Waals surface area contributed by atoms with E-state index in [2.05, 4.69) is 0 Å². The highest BCUT2D eigenvalue weighted by atomic mass is 32.2. The van der Waals surface area contributed by atoms with Crippen LogP contribution in [0.4, 0.5) is 8.78 Å². The number of halogens is 2. The molecule has 7 heteroatoms. The molecule has 0 aliphatic heterocycles. The fourth-order valence-corrected chi connectivity index (χ4v) is 2.74. The smallest absolute Gasteiger partial charge is 0.342 e. The zero-order valence-electron chi connectivity index (χ0n) is 12.2. The third-order valence-corrected chi connectivity index (χ3v) is 5.07. The van der Waals surface area contributed by atoms with E-state index in [0.29, 0.717) is 37.3 Å². The molecule has 0 bridgehead atoms. The summed E-state index contributed by atoms with van der Waals surface area (Å²) in [4.78, 5) is 0. The number of aliphatic hydroxyl groups excluding tert-OH is 1. The van der Waals surface area contributed by atoms with Crippen molar-refractivity contribution in [3.8, 4) is 0 Å². The fraction of sp³-hybridized carbons (Fsp3) is 1.00. The summed E-state index contributed by atoms with van der Waals surface area (Å²) in [5, 5.41) is 5.92. The molecular weight excluding hydrogens is 276 g/mol. The summed E-state index contributed by atoms with van der Waals surface area (Å²) in [5.74, 6) is -0.493. The van der Waals surface area contributed by atoms with E-state index >= 15 is 0 Å². The Morgan fingerprint density at radius 2 is 1.79 bits per heavy atom. The normalized spacial score (nSPS) is 15.5. The predicted octanol–water partition coefficient (Wildman–Crippen LogP) is 1.64. The third-order valence-electron chi connectivity index (χ3n) is 3.15. The van der Waals surface area contributed by atoms with Gasteiger partial charge in [-0.05, 0) is 19.3 Å². The Kier molecular flexibility index (Phi) is 6.85. The van der Waals surface area contributed by atoms with E-state index in [0.717, 1.165) is 0 Å². The van der Waals surface area contributed by atoms with E-state index in [9.17, 15) is 22.3 Å². The molecule has 0 aliphatic rings. The molecule has 0 aromatic rings. The van der Waals surface area contributed by atoms with Crippen molar-refractivity contribution in [2.24, 2.45) is 0 Å². The second-order valence-corrected chi connectivity index (χ2v) is 8.09. The minimum Gasteiger partial charge on any atom is -0.387 e. The van der Waals surface area contributed by atoms with Gasteiger partial charge in [-0.1, -0.05) is 6.92 Å². The molecule has 0 fully saturated rings. The molecule has 0 spiro atoms. The van der Waals surface area contributed by atoms with Gasteiger partial charge in [0.15, 0.2) is 0 Å². The lowest BCUT2D eigenvalue weighted by atomic mass is 10.2. The minimum atomic E-state index is -4.33. The maximum absolute atomic E-state index is 12.8. The molecular formula is C12H26F2NO3S+. The quantitative estimate of drug-likeness (QED) is 0.520.